The number of para-hydroxylation sites is 1. The van der Waals surface area contributed by atoms with Gasteiger partial charge in [0.2, 0.25) is 15.9 Å². The van der Waals surface area contributed by atoms with Gasteiger partial charge in [-0.3, -0.25) is 9.78 Å². The average molecular weight is 441 g/mol. The van der Waals surface area contributed by atoms with E-state index in [1.54, 1.807) is 41.6 Å². The van der Waals surface area contributed by atoms with E-state index in [0.29, 0.717) is 23.6 Å². The summed E-state index contributed by atoms with van der Waals surface area (Å²) in [5, 5.41) is 0.787. The second-order valence-corrected chi connectivity index (χ2v) is 9.23. The Labute approximate surface area is 181 Å². The number of aryl methyl sites for hydroxylation is 1. The summed E-state index contributed by atoms with van der Waals surface area (Å²) >= 11 is 0. The topological polar surface area (TPSA) is 92.7 Å². The molecule has 3 aromatic rings. The third kappa shape index (κ3) is 4.11. The molecule has 1 saturated heterocycles. The Balaban J connectivity index is 1.53. The van der Waals surface area contributed by atoms with Gasteiger partial charge in [-0.1, -0.05) is 12.1 Å². The number of pyridine rings is 2. The summed E-state index contributed by atoms with van der Waals surface area (Å²) in [6.45, 7) is 5.15. The molecule has 162 valence electrons. The molecule has 1 amide bonds. The molecule has 1 aromatic carbocycles. The first-order chi connectivity index (χ1) is 14.9. The number of hydrogen-bond acceptors (Lipinski definition) is 6. The molecule has 31 heavy (non-hydrogen) atoms. The molecule has 0 N–H and O–H groups in total. The van der Waals surface area contributed by atoms with Gasteiger partial charge >= 0.3 is 0 Å². The van der Waals surface area contributed by atoms with Crippen molar-refractivity contribution < 1.29 is 17.9 Å². The molecule has 0 atom stereocenters. The highest BCUT2D eigenvalue weighted by molar-refractivity contribution is 7.89. The smallest absolute Gasteiger partial charge is 0.259 e. The minimum atomic E-state index is -3.74. The highest BCUT2D eigenvalue weighted by Crippen LogP contribution is 2.26. The second-order valence-electron chi connectivity index (χ2n) is 7.33. The largest absolute Gasteiger partial charge is 0.477 e. The quantitative estimate of drug-likeness (QED) is 0.605. The van der Waals surface area contributed by atoms with Crippen molar-refractivity contribution in [3.63, 3.8) is 0 Å². The number of carbonyl (C=O) groups is 1. The maximum absolute atomic E-state index is 13.3. The Morgan fingerprint density at radius 1 is 1.10 bits per heavy atom. The predicted molar refractivity (Wildman–Crippen MR) is 117 cm³/mol. The van der Waals surface area contributed by atoms with Crippen LogP contribution in [0.25, 0.3) is 10.9 Å². The van der Waals surface area contributed by atoms with Crippen LogP contribution in [0.2, 0.25) is 0 Å². The van der Waals surface area contributed by atoms with Crippen molar-refractivity contribution in [2.75, 3.05) is 32.8 Å². The first-order valence-corrected chi connectivity index (χ1v) is 11.6. The van der Waals surface area contributed by atoms with Crippen molar-refractivity contribution in [1.29, 1.82) is 0 Å². The Kier molecular flexibility index (Phi) is 5.88. The minimum absolute atomic E-state index is 0.190. The third-order valence-corrected chi connectivity index (χ3v) is 7.17. The first-order valence-electron chi connectivity index (χ1n) is 10.1. The minimum Gasteiger partial charge on any atom is -0.477 e. The molecule has 1 aliphatic heterocycles. The first kappa shape index (κ1) is 21.2. The number of ether oxygens (including phenoxy) is 1. The highest BCUT2D eigenvalue weighted by atomic mass is 32.2. The predicted octanol–water partition coefficient (Wildman–Crippen LogP) is 2.48. The zero-order valence-corrected chi connectivity index (χ0v) is 18.3. The SMILES string of the molecule is CCOc1ncccc1C(=O)N1CCN(S(=O)(=O)c2cccc3cc(C)cnc23)CC1. The van der Waals surface area contributed by atoms with Gasteiger partial charge in [-0.15, -0.1) is 0 Å². The molecule has 3 heterocycles. The normalized spacial score (nSPS) is 15.2. The van der Waals surface area contributed by atoms with E-state index in [2.05, 4.69) is 9.97 Å². The number of aromatic nitrogens is 2. The van der Waals surface area contributed by atoms with Crippen molar-refractivity contribution in [3.05, 3.63) is 59.9 Å². The average Bonchev–Trinajstić information content (AvgIpc) is 2.78. The summed E-state index contributed by atoms with van der Waals surface area (Å²) < 4.78 is 33.5. The van der Waals surface area contributed by atoms with Crippen molar-refractivity contribution in [3.8, 4) is 5.88 Å². The molecule has 9 heteroatoms. The number of rotatable bonds is 5. The van der Waals surface area contributed by atoms with Crippen LogP contribution < -0.4 is 4.74 Å². The Bertz CT molecular complexity index is 1220. The van der Waals surface area contributed by atoms with Crippen molar-refractivity contribution in [1.82, 2.24) is 19.2 Å². The highest BCUT2D eigenvalue weighted by Gasteiger charge is 2.32. The molecule has 0 bridgehead atoms. The molecule has 0 unspecified atom stereocenters. The number of sulfonamides is 1. The van der Waals surface area contributed by atoms with E-state index in [9.17, 15) is 13.2 Å². The van der Waals surface area contributed by atoms with Gasteiger partial charge in [-0.05, 0) is 43.7 Å². The zero-order chi connectivity index (χ0) is 22.0. The van der Waals surface area contributed by atoms with Gasteiger partial charge in [0.25, 0.3) is 5.91 Å². The van der Waals surface area contributed by atoms with Gasteiger partial charge in [0.15, 0.2) is 0 Å². The molecule has 0 radical (unpaired) electrons. The van der Waals surface area contributed by atoms with Crippen LogP contribution in [0.1, 0.15) is 22.8 Å². The van der Waals surface area contributed by atoms with E-state index in [1.807, 2.05) is 26.0 Å². The summed E-state index contributed by atoms with van der Waals surface area (Å²) in [6.07, 6.45) is 3.24. The van der Waals surface area contributed by atoms with Crippen LogP contribution >= 0.6 is 0 Å². The fourth-order valence-electron chi connectivity index (χ4n) is 3.70. The van der Waals surface area contributed by atoms with Crippen LogP contribution in [0.3, 0.4) is 0 Å². The molecule has 1 aliphatic rings. The standard InChI is InChI=1S/C22H24N4O4S/c1-3-30-21-18(7-5-9-23-21)22(27)25-10-12-26(13-11-25)31(28,29)19-8-4-6-17-14-16(2)15-24-20(17)19/h4-9,14-15H,3,10-13H2,1-2H3. The number of fused-ring (bicyclic) bond motifs is 1. The maximum Gasteiger partial charge on any atom is 0.259 e. The van der Waals surface area contributed by atoms with Crippen LogP contribution in [0.5, 0.6) is 5.88 Å². The van der Waals surface area contributed by atoms with Crippen molar-refractivity contribution >= 4 is 26.8 Å². The van der Waals surface area contributed by atoms with E-state index in [-0.39, 0.29) is 37.0 Å². The van der Waals surface area contributed by atoms with E-state index in [4.69, 9.17) is 4.74 Å². The van der Waals surface area contributed by atoms with Gasteiger partial charge in [-0.25, -0.2) is 13.4 Å². The summed E-state index contributed by atoms with van der Waals surface area (Å²) in [6, 6.07) is 10.4. The van der Waals surface area contributed by atoms with Gasteiger partial charge in [0.1, 0.15) is 10.5 Å². The number of carbonyl (C=O) groups excluding carboxylic acids is 1. The number of benzene rings is 1. The molecule has 0 aliphatic carbocycles. The van der Waals surface area contributed by atoms with E-state index in [0.717, 1.165) is 10.9 Å². The monoisotopic (exact) mass is 440 g/mol. The Morgan fingerprint density at radius 3 is 2.61 bits per heavy atom. The lowest BCUT2D eigenvalue weighted by atomic mass is 10.2. The van der Waals surface area contributed by atoms with Crippen molar-refractivity contribution in [2.45, 2.75) is 18.7 Å². The third-order valence-electron chi connectivity index (χ3n) is 5.24. The fourth-order valence-corrected chi connectivity index (χ4v) is 5.28. The van der Waals surface area contributed by atoms with E-state index < -0.39 is 10.0 Å². The van der Waals surface area contributed by atoms with Crippen LogP contribution in [0.4, 0.5) is 0 Å². The zero-order valence-electron chi connectivity index (χ0n) is 17.5. The molecule has 0 spiro atoms. The van der Waals surface area contributed by atoms with Crippen LogP contribution in [-0.4, -0.2) is 66.3 Å². The summed E-state index contributed by atoms with van der Waals surface area (Å²) in [4.78, 5) is 23.3. The molecule has 1 fully saturated rings. The lowest BCUT2D eigenvalue weighted by molar-refractivity contribution is 0.0693. The van der Waals surface area contributed by atoms with E-state index in [1.165, 1.54) is 4.31 Å². The van der Waals surface area contributed by atoms with Gasteiger partial charge in [0.05, 0.1) is 12.1 Å². The fraction of sp³-hybridized carbons (Fsp3) is 0.318. The summed E-state index contributed by atoms with van der Waals surface area (Å²) in [5.41, 5.74) is 1.81. The number of amides is 1. The molecule has 2 aromatic heterocycles. The van der Waals surface area contributed by atoms with E-state index >= 15 is 0 Å². The molecule has 4 rings (SSSR count). The van der Waals surface area contributed by atoms with Gasteiger partial charge in [-0.2, -0.15) is 4.31 Å². The Hall–Kier alpha value is -3.04. The summed E-state index contributed by atoms with van der Waals surface area (Å²) in [5.74, 6) is 0.0816. The second kappa shape index (κ2) is 8.60. The van der Waals surface area contributed by atoms with Crippen LogP contribution in [-0.2, 0) is 10.0 Å². The molecule has 8 nitrogen and oxygen atoms in total. The molecule has 0 saturated carbocycles. The Morgan fingerprint density at radius 2 is 1.87 bits per heavy atom. The maximum atomic E-state index is 13.3. The number of nitrogens with zero attached hydrogens (tertiary/aromatic N) is 4. The summed E-state index contributed by atoms with van der Waals surface area (Å²) in [7, 11) is -3.74. The number of hydrogen-bond donors (Lipinski definition) is 0. The van der Waals surface area contributed by atoms with Crippen molar-refractivity contribution in [2.24, 2.45) is 0 Å². The molecular weight excluding hydrogens is 416 g/mol. The lowest BCUT2D eigenvalue weighted by Gasteiger charge is -2.34. The lowest BCUT2D eigenvalue weighted by Crippen LogP contribution is -2.50. The number of piperazine rings is 1. The van der Waals surface area contributed by atoms with Crippen LogP contribution in [0.15, 0.2) is 53.7 Å². The molecular formula is C22H24N4O4S. The van der Waals surface area contributed by atoms with Gasteiger partial charge < -0.3 is 9.64 Å². The van der Waals surface area contributed by atoms with Crippen LogP contribution in [0, 0.1) is 6.92 Å². The van der Waals surface area contributed by atoms with Gasteiger partial charge in [0, 0.05) is 44.0 Å².